The largest absolute Gasteiger partial charge is 0.469 e. The van der Waals surface area contributed by atoms with Gasteiger partial charge < -0.3 is 4.74 Å². The summed E-state index contributed by atoms with van der Waals surface area (Å²) in [6.07, 6.45) is 0. The van der Waals surface area contributed by atoms with Gasteiger partial charge in [0.2, 0.25) is 0 Å². The van der Waals surface area contributed by atoms with Crippen LogP contribution in [0.15, 0.2) is 29.2 Å². The number of hydrogen-bond donors (Lipinski definition) is 0. The molecule has 100 valence electrons. The Kier molecular flexibility index (Phi) is 5.27. The number of carbonyl (C=O) groups excluding carboxylic acids is 1. The van der Waals surface area contributed by atoms with Crippen LogP contribution in [0.3, 0.4) is 0 Å². The van der Waals surface area contributed by atoms with Crippen molar-refractivity contribution < 1.29 is 9.53 Å². The molecule has 18 heavy (non-hydrogen) atoms. The molecule has 0 unspecified atom stereocenters. The van der Waals surface area contributed by atoms with E-state index in [9.17, 15) is 4.79 Å². The van der Waals surface area contributed by atoms with Gasteiger partial charge in [-0.25, -0.2) is 0 Å². The van der Waals surface area contributed by atoms with Crippen molar-refractivity contribution in [2.45, 2.75) is 38.5 Å². The zero-order valence-electron chi connectivity index (χ0n) is 11.8. The highest BCUT2D eigenvalue weighted by Crippen LogP contribution is 2.29. The predicted octanol–water partition coefficient (Wildman–Crippen LogP) is 4.10. The zero-order chi connectivity index (χ0) is 13.8. The third-order valence-corrected chi connectivity index (χ3v) is 4.36. The van der Waals surface area contributed by atoms with Crippen LogP contribution in [-0.4, -0.2) is 18.8 Å². The lowest BCUT2D eigenvalue weighted by atomic mass is 9.97. The van der Waals surface area contributed by atoms with Crippen LogP contribution in [0.25, 0.3) is 0 Å². The van der Waals surface area contributed by atoms with Crippen LogP contribution in [0, 0.1) is 5.41 Å². The third-order valence-electron chi connectivity index (χ3n) is 2.88. The number of benzene rings is 1. The van der Waals surface area contributed by atoms with Crippen molar-refractivity contribution in [3.05, 3.63) is 29.8 Å². The van der Waals surface area contributed by atoms with Crippen molar-refractivity contribution in [1.29, 1.82) is 0 Å². The topological polar surface area (TPSA) is 26.3 Å². The highest BCUT2D eigenvalue weighted by Gasteiger charge is 2.28. The highest BCUT2D eigenvalue weighted by atomic mass is 32.2. The molecule has 0 atom stereocenters. The quantitative estimate of drug-likeness (QED) is 0.593. The molecule has 0 spiro atoms. The Labute approximate surface area is 114 Å². The molecule has 0 aliphatic heterocycles. The first kappa shape index (κ1) is 15.1. The summed E-state index contributed by atoms with van der Waals surface area (Å²) in [5, 5.41) is 0. The van der Waals surface area contributed by atoms with Crippen LogP contribution >= 0.6 is 11.8 Å². The van der Waals surface area contributed by atoms with E-state index in [1.807, 2.05) is 13.8 Å². The first-order valence-corrected chi connectivity index (χ1v) is 7.16. The predicted molar refractivity (Wildman–Crippen MR) is 77.1 cm³/mol. The van der Waals surface area contributed by atoms with E-state index in [1.165, 1.54) is 17.6 Å². The van der Waals surface area contributed by atoms with Gasteiger partial charge in [0, 0.05) is 10.6 Å². The lowest BCUT2D eigenvalue weighted by Crippen LogP contribution is -2.28. The van der Waals surface area contributed by atoms with E-state index in [-0.39, 0.29) is 5.97 Å². The van der Waals surface area contributed by atoms with E-state index >= 15 is 0 Å². The molecule has 2 nitrogen and oxygen atoms in total. The molecule has 0 bridgehead atoms. The number of hydrogen-bond acceptors (Lipinski definition) is 3. The maximum Gasteiger partial charge on any atom is 0.312 e. The fourth-order valence-electron chi connectivity index (χ4n) is 1.55. The van der Waals surface area contributed by atoms with Crippen LogP contribution in [0.1, 0.15) is 39.2 Å². The maximum atomic E-state index is 11.6. The molecule has 1 rings (SSSR count). The van der Waals surface area contributed by atoms with Crippen molar-refractivity contribution in [1.82, 2.24) is 0 Å². The van der Waals surface area contributed by atoms with Crippen molar-refractivity contribution in [2.24, 2.45) is 5.41 Å². The second-order valence-corrected chi connectivity index (χ2v) is 6.44. The van der Waals surface area contributed by atoms with Gasteiger partial charge in [0.25, 0.3) is 0 Å². The van der Waals surface area contributed by atoms with Crippen molar-refractivity contribution in [2.75, 3.05) is 12.9 Å². The Balaban J connectivity index is 2.61. The van der Waals surface area contributed by atoms with Crippen molar-refractivity contribution in [3.8, 4) is 0 Å². The van der Waals surface area contributed by atoms with E-state index < -0.39 is 5.41 Å². The molecule has 3 heteroatoms. The number of ether oxygens (including phenoxy) is 1. The lowest BCUT2D eigenvalue weighted by Gasteiger charge is -2.20. The Morgan fingerprint density at radius 1 is 1.28 bits per heavy atom. The van der Waals surface area contributed by atoms with Gasteiger partial charge in [-0.15, -0.1) is 11.8 Å². The average Bonchev–Trinajstić information content (AvgIpc) is 2.35. The van der Waals surface area contributed by atoms with E-state index in [4.69, 9.17) is 4.74 Å². The van der Waals surface area contributed by atoms with Gasteiger partial charge >= 0.3 is 5.97 Å². The molecule has 0 N–H and O–H groups in total. The summed E-state index contributed by atoms with van der Waals surface area (Å²) in [6.45, 7) is 8.19. The highest BCUT2D eigenvalue weighted by molar-refractivity contribution is 7.99. The summed E-state index contributed by atoms with van der Waals surface area (Å²) in [6, 6.07) is 8.54. The maximum absolute atomic E-state index is 11.6. The van der Waals surface area contributed by atoms with Crippen LogP contribution in [0.2, 0.25) is 0 Å². The fraction of sp³-hybridized carbons (Fsp3) is 0.533. The molecule has 0 fully saturated rings. The lowest BCUT2D eigenvalue weighted by molar-refractivity contribution is -0.149. The molecule has 0 aromatic heterocycles. The third kappa shape index (κ3) is 4.05. The molecule has 0 heterocycles. The first-order valence-electron chi connectivity index (χ1n) is 6.18. The molecule has 0 saturated heterocycles. The van der Waals surface area contributed by atoms with E-state index in [2.05, 4.69) is 38.1 Å². The smallest absolute Gasteiger partial charge is 0.312 e. The summed E-state index contributed by atoms with van der Waals surface area (Å²) in [5.41, 5.74) is 0.891. The minimum atomic E-state index is -0.448. The average molecular weight is 266 g/mol. The van der Waals surface area contributed by atoms with Gasteiger partial charge in [-0.05, 0) is 37.5 Å². The van der Waals surface area contributed by atoms with Crippen LogP contribution in [0.5, 0.6) is 0 Å². The van der Waals surface area contributed by atoms with E-state index in [0.29, 0.717) is 5.92 Å². The Bertz CT molecular complexity index is 393. The zero-order valence-corrected chi connectivity index (χ0v) is 12.6. The number of esters is 1. The van der Waals surface area contributed by atoms with Crippen LogP contribution in [-0.2, 0) is 9.53 Å². The molecule has 0 amide bonds. The Hall–Kier alpha value is -0.960. The second-order valence-electron chi connectivity index (χ2n) is 5.39. The first-order chi connectivity index (χ1) is 8.36. The van der Waals surface area contributed by atoms with E-state index in [1.54, 1.807) is 11.8 Å². The minimum Gasteiger partial charge on any atom is -0.469 e. The molecule has 0 aliphatic rings. The summed E-state index contributed by atoms with van der Waals surface area (Å²) in [5.74, 6) is 1.12. The number of thioether (sulfide) groups is 1. The fourth-order valence-corrected chi connectivity index (χ4v) is 2.52. The second kappa shape index (κ2) is 6.28. The SMILES string of the molecule is COC(=O)C(C)(C)CSc1ccc(C(C)C)cc1. The summed E-state index contributed by atoms with van der Waals surface area (Å²) in [4.78, 5) is 12.8. The Morgan fingerprint density at radius 2 is 1.83 bits per heavy atom. The van der Waals surface area contributed by atoms with Gasteiger partial charge in [-0.3, -0.25) is 4.79 Å². The molecule has 0 aliphatic carbocycles. The molecule has 0 radical (unpaired) electrons. The van der Waals surface area contributed by atoms with Gasteiger partial charge in [0.05, 0.1) is 12.5 Å². The summed E-state index contributed by atoms with van der Waals surface area (Å²) < 4.78 is 4.80. The van der Waals surface area contributed by atoms with Gasteiger partial charge in [0.1, 0.15) is 0 Å². The molecular formula is C15H22O2S. The minimum absolute atomic E-state index is 0.159. The molecule has 1 aromatic rings. The van der Waals surface area contributed by atoms with Gasteiger partial charge in [0.15, 0.2) is 0 Å². The van der Waals surface area contributed by atoms with Crippen molar-refractivity contribution in [3.63, 3.8) is 0 Å². The standard InChI is InChI=1S/C15H22O2S/c1-11(2)12-6-8-13(9-7-12)18-10-15(3,4)14(16)17-5/h6-9,11H,10H2,1-5H3. The van der Waals surface area contributed by atoms with Crippen LogP contribution in [0.4, 0.5) is 0 Å². The van der Waals surface area contributed by atoms with Crippen LogP contribution < -0.4 is 0 Å². The normalized spacial score (nSPS) is 11.7. The molecule has 0 saturated carbocycles. The number of carbonyl (C=O) groups is 1. The summed E-state index contributed by atoms with van der Waals surface area (Å²) >= 11 is 1.69. The number of rotatable bonds is 5. The van der Waals surface area contributed by atoms with E-state index in [0.717, 1.165) is 5.75 Å². The molecule has 1 aromatic carbocycles. The Morgan fingerprint density at radius 3 is 2.28 bits per heavy atom. The number of methoxy groups -OCH3 is 1. The van der Waals surface area contributed by atoms with Crippen molar-refractivity contribution >= 4 is 17.7 Å². The van der Waals surface area contributed by atoms with Gasteiger partial charge in [-0.2, -0.15) is 0 Å². The monoisotopic (exact) mass is 266 g/mol. The molecular weight excluding hydrogens is 244 g/mol. The van der Waals surface area contributed by atoms with Gasteiger partial charge in [-0.1, -0.05) is 26.0 Å². The summed E-state index contributed by atoms with van der Waals surface area (Å²) in [7, 11) is 1.44.